The van der Waals surface area contributed by atoms with Crippen LogP contribution in [0.2, 0.25) is 0 Å². The SMILES string of the molecule is ICCOCc1ccccc1-c1ccccc1COCCI. The molecule has 118 valence electrons. The minimum Gasteiger partial charge on any atom is -0.376 e. The van der Waals surface area contributed by atoms with Gasteiger partial charge in [-0.2, -0.15) is 0 Å². The van der Waals surface area contributed by atoms with Crippen molar-refractivity contribution in [3.8, 4) is 11.1 Å². The van der Waals surface area contributed by atoms with Crippen LogP contribution in [0, 0.1) is 0 Å². The Morgan fingerprint density at radius 2 is 1.05 bits per heavy atom. The number of alkyl halides is 2. The molecule has 0 saturated carbocycles. The lowest BCUT2D eigenvalue weighted by atomic mass is 9.96. The summed E-state index contributed by atoms with van der Waals surface area (Å²) < 4.78 is 13.5. The molecule has 0 heterocycles. The first-order valence-electron chi connectivity index (χ1n) is 7.30. The first-order chi connectivity index (χ1) is 10.9. The highest BCUT2D eigenvalue weighted by Gasteiger charge is 2.09. The summed E-state index contributed by atoms with van der Waals surface area (Å²) >= 11 is 4.66. The maximum Gasteiger partial charge on any atom is 0.0723 e. The molecule has 0 atom stereocenters. The van der Waals surface area contributed by atoms with Crippen LogP contribution in [-0.2, 0) is 22.7 Å². The van der Waals surface area contributed by atoms with E-state index in [0.29, 0.717) is 13.2 Å². The Morgan fingerprint density at radius 3 is 1.45 bits per heavy atom. The van der Waals surface area contributed by atoms with E-state index in [-0.39, 0.29) is 0 Å². The van der Waals surface area contributed by atoms with Gasteiger partial charge in [0.15, 0.2) is 0 Å². The van der Waals surface area contributed by atoms with Crippen molar-refractivity contribution in [2.45, 2.75) is 13.2 Å². The third kappa shape index (κ3) is 5.47. The van der Waals surface area contributed by atoms with E-state index in [9.17, 15) is 0 Å². The Kier molecular flexibility index (Phi) is 8.72. The van der Waals surface area contributed by atoms with E-state index in [1.807, 2.05) is 0 Å². The monoisotopic (exact) mass is 522 g/mol. The summed E-state index contributed by atoms with van der Waals surface area (Å²) in [5.41, 5.74) is 4.94. The molecule has 0 saturated heterocycles. The van der Waals surface area contributed by atoms with Crippen LogP contribution in [0.25, 0.3) is 11.1 Å². The van der Waals surface area contributed by atoms with Crippen LogP contribution in [-0.4, -0.2) is 22.1 Å². The second-order valence-corrected chi connectivity index (χ2v) is 6.95. The molecule has 2 rings (SSSR count). The van der Waals surface area contributed by atoms with Gasteiger partial charge in [-0.1, -0.05) is 93.7 Å². The van der Waals surface area contributed by atoms with Gasteiger partial charge in [0, 0.05) is 8.86 Å². The molecule has 0 unspecified atom stereocenters. The second-order valence-electron chi connectivity index (χ2n) is 4.80. The zero-order valence-electron chi connectivity index (χ0n) is 12.4. The molecule has 0 fully saturated rings. The first-order valence-corrected chi connectivity index (χ1v) is 10.4. The summed E-state index contributed by atoms with van der Waals surface area (Å²) in [4.78, 5) is 0. The molecule has 0 aliphatic heterocycles. The van der Waals surface area contributed by atoms with Gasteiger partial charge in [0.05, 0.1) is 26.4 Å². The minimum atomic E-state index is 0.655. The Hall–Kier alpha value is -0.180. The number of benzene rings is 2. The molecule has 0 aromatic heterocycles. The molecule has 0 spiro atoms. The van der Waals surface area contributed by atoms with Crippen molar-refractivity contribution in [3.63, 3.8) is 0 Å². The maximum absolute atomic E-state index is 5.73. The molecular weight excluding hydrogens is 502 g/mol. The van der Waals surface area contributed by atoms with Crippen LogP contribution in [0.5, 0.6) is 0 Å². The molecule has 2 aromatic rings. The van der Waals surface area contributed by atoms with Crippen molar-refractivity contribution in [3.05, 3.63) is 59.7 Å². The topological polar surface area (TPSA) is 18.5 Å². The van der Waals surface area contributed by atoms with E-state index in [0.717, 1.165) is 22.1 Å². The maximum atomic E-state index is 5.73. The number of halogens is 2. The minimum absolute atomic E-state index is 0.655. The third-order valence-electron chi connectivity index (χ3n) is 3.28. The average Bonchev–Trinajstić information content (AvgIpc) is 2.56. The number of rotatable bonds is 9. The van der Waals surface area contributed by atoms with Gasteiger partial charge in [0.1, 0.15) is 0 Å². The highest BCUT2D eigenvalue weighted by atomic mass is 127. The molecule has 0 N–H and O–H groups in total. The molecule has 0 aliphatic carbocycles. The van der Waals surface area contributed by atoms with Gasteiger partial charge >= 0.3 is 0 Å². The zero-order chi connectivity index (χ0) is 15.6. The van der Waals surface area contributed by atoms with Crippen LogP contribution < -0.4 is 0 Å². The van der Waals surface area contributed by atoms with E-state index >= 15 is 0 Å². The van der Waals surface area contributed by atoms with E-state index in [4.69, 9.17) is 9.47 Å². The van der Waals surface area contributed by atoms with E-state index < -0.39 is 0 Å². The Balaban J connectivity index is 2.23. The first kappa shape index (κ1) is 18.2. The van der Waals surface area contributed by atoms with Gasteiger partial charge in [-0.05, 0) is 22.3 Å². The van der Waals surface area contributed by atoms with Gasteiger partial charge in [0.2, 0.25) is 0 Å². The average molecular weight is 522 g/mol. The standard InChI is InChI=1S/C18H20I2O2/c19-9-11-21-13-15-5-1-3-7-17(15)18-8-4-2-6-16(18)14-22-12-10-20/h1-8H,9-14H2. The molecule has 0 amide bonds. The van der Waals surface area contributed by atoms with E-state index in [2.05, 4.69) is 93.7 Å². The molecule has 2 nitrogen and oxygen atoms in total. The number of ether oxygens (including phenoxy) is 2. The Bertz CT molecular complexity index is 521. The summed E-state index contributed by atoms with van der Waals surface area (Å²) in [6, 6.07) is 16.9. The summed E-state index contributed by atoms with van der Waals surface area (Å²) in [5, 5.41) is 0. The zero-order valence-corrected chi connectivity index (χ0v) is 16.7. The lowest BCUT2D eigenvalue weighted by Crippen LogP contribution is -2.01. The predicted molar refractivity (Wildman–Crippen MR) is 109 cm³/mol. The smallest absolute Gasteiger partial charge is 0.0723 e. The van der Waals surface area contributed by atoms with Gasteiger partial charge in [-0.15, -0.1) is 0 Å². The highest BCUT2D eigenvalue weighted by Crippen LogP contribution is 2.28. The fraction of sp³-hybridized carbons (Fsp3) is 0.333. The normalized spacial score (nSPS) is 10.8. The van der Waals surface area contributed by atoms with Crippen molar-refractivity contribution in [2.24, 2.45) is 0 Å². The molecule has 0 bridgehead atoms. The third-order valence-corrected chi connectivity index (χ3v) is 4.16. The fourth-order valence-corrected chi connectivity index (χ4v) is 2.91. The van der Waals surface area contributed by atoms with Crippen LogP contribution in [0.4, 0.5) is 0 Å². The molecular formula is C18H20I2O2. The van der Waals surface area contributed by atoms with Crippen LogP contribution in [0.3, 0.4) is 0 Å². The lowest BCUT2D eigenvalue weighted by Gasteiger charge is -2.14. The Labute approximate surface area is 159 Å². The lowest BCUT2D eigenvalue weighted by molar-refractivity contribution is 0.137. The van der Waals surface area contributed by atoms with Crippen LogP contribution in [0.1, 0.15) is 11.1 Å². The second kappa shape index (κ2) is 10.6. The van der Waals surface area contributed by atoms with E-state index in [1.165, 1.54) is 22.3 Å². The largest absolute Gasteiger partial charge is 0.376 e. The van der Waals surface area contributed by atoms with Crippen molar-refractivity contribution >= 4 is 45.2 Å². The van der Waals surface area contributed by atoms with Gasteiger partial charge in [-0.25, -0.2) is 0 Å². The van der Waals surface area contributed by atoms with Gasteiger partial charge < -0.3 is 9.47 Å². The summed E-state index contributed by atoms with van der Waals surface area (Å²) in [5.74, 6) is 0. The van der Waals surface area contributed by atoms with Crippen molar-refractivity contribution in [2.75, 3.05) is 22.1 Å². The summed E-state index contributed by atoms with van der Waals surface area (Å²) in [6.07, 6.45) is 0. The fourth-order valence-electron chi connectivity index (χ4n) is 2.29. The Morgan fingerprint density at radius 1 is 0.636 bits per heavy atom. The molecule has 22 heavy (non-hydrogen) atoms. The number of hydrogen-bond acceptors (Lipinski definition) is 2. The quantitative estimate of drug-likeness (QED) is 0.255. The van der Waals surface area contributed by atoms with Crippen molar-refractivity contribution < 1.29 is 9.47 Å². The van der Waals surface area contributed by atoms with Crippen LogP contribution >= 0.6 is 45.2 Å². The predicted octanol–water partition coefficient (Wildman–Crippen LogP) is 5.26. The number of hydrogen-bond donors (Lipinski definition) is 0. The highest BCUT2D eigenvalue weighted by molar-refractivity contribution is 14.1. The van der Waals surface area contributed by atoms with Crippen molar-refractivity contribution in [1.29, 1.82) is 0 Å². The van der Waals surface area contributed by atoms with Gasteiger partial charge in [0.25, 0.3) is 0 Å². The van der Waals surface area contributed by atoms with Crippen molar-refractivity contribution in [1.82, 2.24) is 0 Å². The summed E-state index contributed by atoms with van der Waals surface area (Å²) in [7, 11) is 0. The molecule has 0 aliphatic rings. The molecule has 2 aromatic carbocycles. The van der Waals surface area contributed by atoms with Crippen LogP contribution in [0.15, 0.2) is 48.5 Å². The summed E-state index contributed by atoms with van der Waals surface area (Å²) in [6.45, 7) is 2.88. The van der Waals surface area contributed by atoms with E-state index in [1.54, 1.807) is 0 Å². The molecule has 0 radical (unpaired) electrons. The van der Waals surface area contributed by atoms with Gasteiger partial charge in [-0.3, -0.25) is 0 Å². The molecule has 4 heteroatoms.